The number of rotatable bonds is 60. The molecule has 0 aromatic carbocycles. The van der Waals surface area contributed by atoms with Gasteiger partial charge >= 0.3 is 5.97 Å². The van der Waals surface area contributed by atoms with Crippen LogP contribution in [0.4, 0.5) is 0 Å². The first-order valence-electron chi connectivity index (χ1n) is 32.4. The molecule has 6 heteroatoms. The number of allylic oxidation sites excluding steroid dienone is 7. The van der Waals surface area contributed by atoms with Crippen LogP contribution >= 0.6 is 0 Å². The first kappa shape index (κ1) is 70.8. The van der Waals surface area contributed by atoms with Crippen LogP contribution < -0.4 is 5.32 Å². The third kappa shape index (κ3) is 58.9. The maximum Gasteiger partial charge on any atom is 0.305 e. The number of nitrogens with one attached hydrogen (secondary N) is 1. The predicted molar refractivity (Wildman–Crippen MR) is 319 cm³/mol. The Labute approximate surface area is 455 Å². The summed E-state index contributed by atoms with van der Waals surface area (Å²) >= 11 is 0. The number of aliphatic hydroxyl groups excluding tert-OH is 2. The zero-order valence-electron chi connectivity index (χ0n) is 48.9. The average Bonchev–Trinajstić information content (AvgIpc) is 3.39. The van der Waals surface area contributed by atoms with Crippen LogP contribution in [0.1, 0.15) is 341 Å². The van der Waals surface area contributed by atoms with E-state index in [1.165, 1.54) is 244 Å². The van der Waals surface area contributed by atoms with E-state index in [2.05, 4.69) is 55.6 Å². The Kier molecular flexibility index (Phi) is 60.5. The van der Waals surface area contributed by atoms with E-state index in [1.54, 1.807) is 6.08 Å². The number of hydrogen-bond donors (Lipinski definition) is 3. The molecule has 0 bridgehead atoms. The zero-order chi connectivity index (χ0) is 52.9. The Balaban J connectivity index is 3.49. The van der Waals surface area contributed by atoms with Crippen LogP contribution in [0.2, 0.25) is 0 Å². The molecule has 0 fully saturated rings. The molecule has 428 valence electrons. The van der Waals surface area contributed by atoms with Crippen molar-refractivity contribution in [3.63, 3.8) is 0 Å². The van der Waals surface area contributed by atoms with E-state index in [4.69, 9.17) is 4.74 Å². The first-order valence-corrected chi connectivity index (χ1v) is 32.4. The number of esters is 1. The van der Waals surface area contributed by atoms with Gasteiger partial charge in [-0.3, -0.25) is 9.59 Å². The molecule has 0 spiro atoms. The van der Waals surface area contributed by atoms with E-state index in [0.29, 0.717) is 19.4 Å². The Morgan fingerprint density at radius 1 is 0.384 bits per heavy atom. The third-order valence-electron chi connectivity index (χ3n) is 14.8. The molecule has 2 atom stereocenters. The molecule has 0 aliphatic rings. The lowest BCUT2D eigenvalue weighted by molar-refractivity contribution is -0.143. The van der Waals surface area contributed by atoms with Crippen LogP contribution in [0.3, 0.4) is 0 Å². The monoisotopic (exact) mass is 1020 g/mol. The van der Waals surface area contributed by atoms with Crippen molar-refractivity contribution in [1.82, 2.24) is 5.32 Å². The first-order chi connectivity index (χ1) is 36.0. The van der Waals surface area contributed by atoms with Gasteiger partial charge in [0.15, 0.2) is 0 Å². The van der Waals surface area contributed by atoms with E-state index in [0.717, 1.165) is 70.6 Å². The van der Waals surface area contributed by atoms with Crippen LogP contribution in [-0.2, 0) is 14.3 Å². The van der Waals surface area contributed by atoms with Crippen molar-refractivity contribution in [2.75, 3.05) is 13.2 Å². The Morgan fingerprint density at radius 2 is 0.685 bits per heavy atom. The third-order valence-corrected chi connectivity index (χ3v) is 14.8. The van der Waals surface area contributed by atoms with Gasteiger partial charge in [0.05, 0.1) is 25.4 Å². The van der Waals surface area contributed by atoms with Gasteiger partial charge in [-0.15, -0.1) is 0 Å². The van der Waals surface area contributed by atoms with Gasteiger partial charge in [0, 0.05) is 12.8 Å². The van der Waals surface area contributed by atoms with E-state index in [-0.39, 0.29) is 18.5 Å². The van der Waals surface area contributed by atoms with Crippen LogP contribution in [-0.4, -0.2) is 47.4 Å². The maximum atomic E-state index is 12.5. The lowest BCUT2D eigenvalue weighted by Crippen LogP contribution is -2.45. The number of ether oxygens (including phenoxy) is 1. The molecule has 0 rings (SSSR count). The molecular formula is C67H125NO5. The number of hydrogen-bond acceptors (Lipinski definition) is 5. The molecule has 0 saturated heterocycles. The summed E-state index contributed by atoms with van der Waals surface area (Å²) < 4.78 is 5.47. The summed E-state index contributed by atoms with van der Waals surface area (Å²) in [6.45, 7) is 4.87. The summed E-state index contributed by atoms with van der Waals surface area (Å²) in [5.41, 5.74) is 0. The lowest BCUT2D eigenvalue weighted by atomic mass is 10.0. The number of aliphatic hydroxyl groups is 2. The minimum atomic E-state index is -0.856. The predicted octanol–water partition coefficient (Wildman–Crippen LogP) is 20.5. The Hall–Kier alpha value is -2.18. The fraction of sp³-hybridized carbons (Fsp3) is 0.851. The molecular weight excluding hydrogens is 899 g/mol. The minimum Gasteiger partial charge on any atom is -0.466 e. The van der Waals surface area contributed by atoms with Crippen LogP contribution in [0.25, 0.3) is 0 Å². The van der Waals surface area contributed by atoms with Crippen LogP contribution in [0, 0.1) is 0 Å². The van der Waals surface area contributed by atoms with Gasteiger partial charge in [-0.2, -0.15) is 0 Å². The van der Waals surface area contributed by atoms with Crippen molar-refractivity contribution in [2.45, 2.75) is 353 Å². The second-order valence-electron chi connectivity index (χ2n) is 22.1. The number of carbonyl (C=O) groups excluding carboxylic acids is 2. The van der Waals surface area contributed by atoms with Crippen molar-refractivity contribution in [3.05, 3.63) is 48.6 Å². The molecule has 6 nitrogen and oxygen atoms in total. The average molecular weight is 1020 g/mol. The van der Waals surface area contributed by atoms with Crippen molar-refractivity contribution in [2.24, 2.45) is 0 Å². The van der Waals surface area contributed by atoms with Crippen molar-refractivity contribution < 1.29 is 24.5 Å². The van der Waals surface area contributed by atoms with Gasteiger partial charge < -0.3 is 20.3 Å². The van der Waals surface area contributed by atoms with E-state index >= 15 is 0 Å². The molecule has 0 radical (unpaired) electrons. The molecule has 0 aliphatic carbocycles. The summed E-state index contributed by atoms with van der Waals surface area (Å²) in [6, 6.07) is -0.641. The molecule has 73 heavy (non-hydrogen) atoms. The van der Waals surface area contributed by atoms with Crippen molar-refractivity contribution in [1.29, 1.82) is 0 Å². The summed E-state index contributed by atoms with van der Waals surface area (Å²) in [5, 5.41) is 23.2. The fourth-order valence-electron chi connectivity index (χ4n) is 9.84. The molecule has 0 saturated carbocycles. The summed E-state index contributed by atoms with van der Waals surface area (Å²) in [6.07, 6.45) is 80.1. The van der Waals surface area contributed by atoms with E-state index in [9.17, 15) is 19.8 Å². The van der Waals surface area contributed by atoms with Crippen molar-refractivity contribution in [3.8, 4) is 0 Å². The SMILES string of the molecule is CCCCC/C=C\C/C=C\CCCCCCCC(=O)OCCCCCCCCCCC/C=C\CCCCCCCC(=O)NC(CO)C(O)/C=C/CCCCCCCCCCCCCCCCCCCCCCC. The molecule has 0 aromatic heterocycles. The second-order valence-corrected chi connectivity index (χ2v) is 22.1. The van der Waals surface area contributed by atoms with Crippen LogP contribution in [0.15, 0.2) is 48.6 Å². The zero-order valence-corrected chi connectivity index (χ0v) is 48.9. The highest BCUT2D eigenvalue weighted by atomic mass is 16.5. The van der Waals surface area contributed by atoms with Gasteiger partial charge in [-0.05, 0) is 89.9 Å². The number of carbonyl (C=O) groups is 2. The standard InChI is InChI=1S/C67H125NO5/c1-3-5-7-9-11-13-15-17-19-20-21-22-23-24-25-28-32-35-39-43-47-51-55-59-65(70)64(63-69)68-66(71)60-56-52-48-44-40-36-33-29-26-27-30-34-38-42-46-50-54-58-62-73-67(72)61-57-53-49-45-41-37-31-18-16-14-12-10-8-6-4-2/h12,14,18,29,31,33,55,59,64-65,69-70H,3-11,13,15-17,19-28,30,32,34-54,56-58,60-63H2,1-2H3,(H,68,71)/b14-12-,31-18-,33-29-,59-55+. The molecule has 3 N–H and O–H groups in total. The lowest BCUT2D eigenvalue weighted by Gasteiger charge is -2.20. The smallest absolute Gasteiger partial charge is 0.305 e. The quantitative estimate of drug-likeness (QED) is 0.0320. The van der Waals surface area contributed by atoms with Crippen molar-refractivity contribution >= 4 is 11.9 Å². The highest BCUT2D eigenvalue weighted by molar-refractivity contribution is 5.76. The Bertz CT molecular complexity index is 1230. The molecule has 0 aliphatic heterocycles. The minimum absolute atomic E-state index is 0.0118. The molecule has 0 heterocycles. The highest BCUT2D eigenvalue weighted by Gasteiger charge is 2.18. The summed E-state index contributed by atoms with van der Waals surface area (Å²) in [5.74, 6) is -0.0921. The van der Waals surface area contributed by atoms with Gasteiger partial charge in [-0.1, -0.05) is 287 Å². The van der Waals surface area contributed by atoms with Gasteiger partial charge in [0.1, 0.15) is 0 Å². The number of amides is 1. The second kappa shape index (κ2) is 62.4. The largest absolute Gasteiger partial charge is 0.466 e. The van der Waals surface area contributed by atoms with E-state index in [1.807, 2.05) is 6.08 Å². The van der Waals surface area contributed by atoms with Gasteiger partial charge in [0.2, 0.25) is 5.91 Å². The maximum absolute atomic E-state index is 12.5. The van der Waals surface area contributed by atoms with Gasteiger partial charge in [0.25, 0.3) is 0 Å². The summed E-state index contributed by atoms with van der Waals surface area (Å²) in [4.78, 5) is 24.6. The summed E-state index contributed by atoms with van der Waals surface area (Å²) in [7, 11) is 0. The molecule has 1 amide bonds. The van der Waals surface area contributed by atoms with E-state index < -0.39 is 12.1 Å². The molecule has 2 unspecified atom stereocenters. The number of unbranched alkanes of at least 4 members (excludes halogenated alkanes) is 43. The van der Waals surface area contributed by atoms with Gasteiger partial charge in [-0.25, -0.2) is 0 Å². The Morgan fingerprint density at radius 3 is 1.08 bits per heavy atom. The fourth-order valence-corrected chi connectivity index (χ4v) is 9.84. The topological polar surface area (TPSA) is 95.9 Å². The highest BCUT2D eigenvalue weighted by Crippen LogP contribution is 2.17. The normalized spacial score (nSPS) is 12.9. The van der Waals surface area contributed by atoms with Crippen LogP contribution in [0.5, 0.6) is 0 Å². The molecule has 0 aromatic rings.